The summed E-state index contributed by atoms with van der Waals surface area (Å²) < 4.78 is 0. The average Bonchev–Trinajstić information content (AvgIpc) is 2.15. The Morgan fingerprint density at radius 1 is 1.27 bits per heavy atom. The van der Waals surface area contributed by atoms with Crippen LogP contribution in [0.4, 0.5) is 0 Å². The second-order valence-electron chi connectivity index (χ2n) is 4.61. The molecule has 0 amide bonds. The first kappa shape index (κ1) is 12.3. The minimum atomic E-state index is -1.25. The Kier molecular flexibility index (Phi) is 3.57. The molecule has 80 valence electrons. The predicted molar refractivity (Wildman–Crippen MR) is 74.4 cm³/mol. The Bertz CT molecular complexity index is 387. The Morgan fingerprint density at radius 3 is 2.20 bits per heavy atom. The Morgan fingerprint density at radius 2 is 1.87 bits per heavy atom. The third kappa shape index (κ3) is 3.07. The molecule has 0 spiro atoms. The molecule has 1 rings (SSSR count). The topological polar surface area (TPSA) is 12.9 Å². The Labute approximate surface area is 98.4 Å². The van der Waals surface area contributed by atoms with Gasteiger partial charge in [0.1, 0.15) is 0 Å². The monoisotopic (exact) mass is 235 g/mol. The molecule has 0 unspecified atom stereocenters. The minimum absolute atomic E-state index is 0.670. The van der Waals surface area contributed by atoms with E-state index < -0.39 is 8.07 Å². The first-order valence-corrected chi connectivity index (χ1v) is 8.81. The van der Waals surface area contributed by atoms with E-state index in [0.717, 1.165) is 11.3 Å². The highest BCUT2D eigenvalue weighted by atomic mass is 32.1. The number of nitrogens with zero attached hydrogens (tertiary/aromatic N) is 1. The third-order valence-electron chi connectivity index (χ3n) is 2.29. The van der Waals surface area contributed by atoms with Crippen LogP contribution in [-0.4, -0.2) is 13.1 Å². The zero-order valence-electron chi connectivity index (χ0n) is 9.54. The molecule has 0 fully saturated rings. The van der Waals surface area contributed by atoms with Crippen LogP contribution < -0.4 is 5.19 Å². The average molecular weight is 235 g/mol. The lowest BCUT2D eigenvalue weighted by atomic mass is 10.2. The van der Waals surface area contributed by atoms with Gasteiger partial charge in [-0.1, -0.05) is 38.9 Å². The van der Waals surface area contributed by atoms with E-state index in [-0.39, 0.29) is 0 Å². The molecule has 15 heavy (non-hydrogen) atoms. The van der Waals surface area contributed by atoms with E-state index in [1.807, 2.05) is 12.3 Å². The van der Waals surface area contributed by atoms with E-state index in [0.29, 0.717) is 4.91 Å². The molecule has 0 aromatic carbocycles. The standard InChI is InChI=1S/C12H17NSSi/c1-9(10(2)14)12-7-6-11(8-13-12)15(3,4)5/h6-8,14H,1-2H2,3-5H3. The SMILES string of the molecule is C=C(S)C(=C)c1ccc([Si](C)(C)C)cn1. The van der Waals surface area contributed by atoms with Gasteiger partial charge in [-0.05, 0) is 11.3 Å². The molecular formula is C12H17NSSi. The van der Waals surface area contributed by atoms with E-state index in [1.54, 1.807) is 0 Å². The second-order valence-corrected chi connectivity index (χ2v) is 10.2. The molecule has 0 N–H and O–H groups in total. The highest BCUT2D eigenvalue weighted by Gasteiger charge is 2.16. The first-order chi connectivity index (χ1) is 6.82. The number of hydrogen-bond acceptors (Lipinski definition) is 2. The van der Waals surface area contributed by atoms with Crippen molar-refractivity contribution in [3.8, 4) is 0 Å². The summed E-state index contributed by atoms with van der Waals surface area (Å²) in [5.41, 5.74) is 1.65. The largest absolute Gasteiger partial charge is 0.256 e. The van der Waals surface area contributed by atoms with Gasteiger partial charge in [-0.3, -0.25) is 4.98 Å². The molecule has 0 aliphatic carbocycles. The quantitative estimate of drug-likeness (QED) is 0.482. The first-order valence-electron chi connectivity index (χ1n) is 4.86. The lowest BCUT2D eigenvalue weighted by Gasteiger charge is -2.16. The van der Waals surface area contributed by atoms with Crippen LogP contribution in [0.25, 0.3) is 5.57 Å². The number of aromatic nitrogens is 1. The summed E-state index contributed by atoms with van der Waals surface area (Å²) in [6.45, 7) is 14.5. The van der Waals surface area contributed by atoms with E-state index in [2.05, 4.69) is 56.5 Å². The zero-order chi connectivity index (χ0) is 11.6. The summed E-state index contributed by atoms with van der Waals surface area (Å²) in [6, 6.07) is 4.13. The maximum Gasteiger partial charge on any atom is 0.0796 e. The van der Waals surface area contributed by atoms with Crippen molar-refractivity contribution in [2.75, 3.05) is 0 Å². The van der Waals surface area contributed by atoms with Crippen molar-refractivity contribution < 1.29 is 0 Å². The van der Waals surface area contributed by atoms with Gasteiger partial charge in [0.2, 0.25) is 0 Å². The molecule has 1 aromatic rings. The summed E-state index contributed by atoms with van der Waals surface area (Å²) in [6.07, 6.45) is 1.95. The van der Waals surface area contributed by atoms with Gasteiger partial charge in [-0.15, -0.1) is 12.6 Å². The summed E-state index contributed by atoms with van der Waals surface area (Å²) >= 11 is 4.16. The number of thiol groups is 1. The van der Waals surface area contributed by atoms with Crippen LogP contribution in [0.1, 0.15) is 5.69 Å². The molecule has 0 saturated carbocycles. The van der Waals surface area contributed by atoms with Gasteiger partial charge in [0, 0.05) is 16.7 Å². The van der Waals surface area contributed by atoms with Crippen molar-refractivity contribution in [3.05, 3.63) is 42.1 Å². The predicted octanol–water partition coefficient (Wildman–Crippen LogP) is 3.08. The number of rotatable bonds is 3. The van der Waals surface area contributed by atoms with E-state index in [4.69, 9.17) is 0 Å². The lowest BCUT2D eigenvalue weighted by Crippen LogP contribution is -2.37. The second kappa shape index (κ2) is 4.37. The fourth-order valence-corrected chi connectivity index (χ4v) is 2.31. The molecule has 1 aromatic heterocycles. The fraction of sp³-hybridized carbons (Fsp3) is 0.250. The number of pyridine rings is 1. The van der Waals surface area contributed by atoms with Gasteiger partial charge in [0.05, 0.1) is 13.8 Å². The molecule has 1 nitrogen and oxygen atoms in total. The normalized spacial score (nSPS) is 11.2. The summed E-state index contributed by atoms with van der Waals surface area (Å²) in [7, 11) is -1.25. The van der Waals surface area contributed by atoms with Crippen molar-refractivity contribution in [3.63, 3.8) is 0 Å². The minimum Gasteiger partial charge on any atom is -0.256 e. The molecule has 0 atom stereocenters. The van der Waals surface area contributed by atoms with Crippen LogP contribution in [0.15, 0.2) is 36.4 Å². The van der Waals surface area contributed by atoms with E-state index in [1.165, 1.54) is 5.19 Å². The molecule has 0 radical (unpaired) electrons. The van der Waals surface area contributed by atoms with E-state index >= 15 is 0 Å². The van der Waals surface area contributed by atoms with Crippen LogP contribution in [0.2, 0.25) is 19.6 Å². The summed E-state index contributed by atoms with van der Waals surface area (Å²) in [5, 5.41) is 1.35. The van der Waals surface area contributed by atoms with Crippen LogP contribution in [0.5, 0.6) is 0 Å². The highest BCUT2D eigenvalue weighted by molar-refractivity contribution is 7.85. The maximum absolute atomic E-state index is 4.39. The third-order valence-corrected chi connectivity index (χ3v) is 4.58. The van der Waals surface area contributed by atoms with Crippen molar-refractivity contribution in [2.45, 2.75) is 19.6 Å². The molecule has 0 aliphatic heterocycles. The van der Waals surface area contributed by atoms with Gasteiger partial charge in [0.25, 0.3) is 0 Å². The van der Waals surface area contributed by atoms with Crippen LogP contribution >= 0.6 is 12.6 Å². The van der Waals surface area contributed by atoms with Crippen LogP contribution in [0, 0.1) is 0 Å². The molecule has 1 heterocycles. The Hall–Kier alpha value is -0.803. The van der Waals surface area contributed by atoms with Crippen LogP contribution in [-0.2, 0) is 0 Å². The summed E-state index contributed by atoms with van der Waals surface area (Å²) in [4.78, 5) is 5.06. The van der Waals surface area contributed by atoms with E-state index in [9.17, 15) is 0 Å². The molecular weight excluding hydrogens is 218 g/mol. The van der Waals surface area contributed by atoms with Gasteiger partial charge in [-0.2, -0.15) is 0 Å². The van der Waals surface area contributed by atoms with Crippen molar-refractivity contribution in [1.29, 1.82) is 0 Å². The van der Waals surface area contributed by atoms with Crippen molar-refractivity contribution >= 4 is 31.5 Å². The van der Waals surface area contributed by atoms with Gasteiger partial charge >= 0.3 is 0 Å². The van der Waals surface area contributed by atoms with Crippen LogP contribution in [0.3, 0.4) is 0 Å². The number of hydrogen-bond donors (Lipinski definition) is 1. The smallest absolute Gasteiger partial charge is 0.0796 e. The molecule has 3 heteroatoms. The van der Waals surface area contributed by atoms with Gasteiger partial charge in [0.15, 0.2) is 0 Å². The fourth-order valence-electron chi connectivity index (χ4n) is 1.16. The van der Waals surface area contributed by atoms with Gasteiger partial charge < -0.3 is 0 Å². The highest BCUT2D eigenvalue weighted by Crippen LogP contribution is 2.19. The summed E-state index contributed by atoms with van der Waals surface area (Å²) in [5.74, 6) is 0. The maximum atomic E-state index is 4.39. The van der Waals surface area contributed by atoms with Gasteiger partial charge in [-0.25, -0.2) is 0 Å². The zero-order valence-corrected chi connectivity index (χ0v) is 11.4. The Balaban J connectivity index is 3.01. The number of allylic oxidation sites excluding steroid dienone is 1. The lowest BCUT2D eigenvalue weighted by molar-refractivity contribution is 1.29. The molecule has 0 saturated heterocycles. The van der Waals surface area contributed by atoms with Crippen molar-refractivity contribution in [1.82, 2.24) is 4.98 Å². The molecule has 0 bridgehead atoms. The van der Waals surface area contributed by atoms with Crippen molar-refractivity contribution in [2.24, 2.45) is 0 Å². The molecule has 0 aliphatic rings.